The Hall–Kier alpha value is -2.62. The van der Waals surface area contributed by atoms with Crippen molar-refractivity contribution in [2.45, 2.75) is 17.9 Å². The molecule has 2 aromatic rings. The molecule has 0 atom stereocenters. The Bertz CT molecular complexity index is 918. The third-order valence-corrected chi connectivity index (χ3v) is 6.17. The molecular weight excluding hydrogens is 408 g/mol. The van der Waals surface area contributed by atoms with Gasteiger partial charge >= 0.3 is 0 Å². The van der Waals surface area contributed by atoms with E-state index >= 15 is 0 Å². The highest BCUT2D eigenvalue weighted by molar-refractivity contribution is 7.89. The number of hydrogen-bond donors (Lipinski definition) is 1. The SMILES string of the molecule is COCCCNC(=O)CN(Cc1ccccc1)S(=O)(=O)c1cc(OC)ccc1OC. The summed E-state index contributed by atoms with van der Waals surface area (Å²) in [6.45, 7) is 0.612. The number of hydrogen-bond acceptors (Lipinski definition) is 6. The van der Waals surface area contributed by atoms with Crippen LogP contribution < -0.4 is 14.8 Å². The van der Waals surface area contributed by atoms with Crippen molar-refractivity contribution in [1.82, 2.24) is 9.62 Å². The van der Waals surface area contributed by atoms with Crippen LogP contribution in [0.3, 0.4) is 0 Å². The summed E-state index contributed by atoms with van der Waals surface area (Å²) in [7, 11) is 0.364. The molecule has 2 aromatic carbocycles. The number of rotatable bonds is 12. The molecule has 9 heteroatoms. The van der Waals surface area contributed by atoms with Crippen LogP contribution in [0.15, 0.2) is 53.4 Å². The van der Waals surface area contributed by atoms with Gasteiger partial charge in [0, 0.05) is 32.9 Å². The average Bonchev–Trinajstić information content (AvgIpc) is 2.76. The zero-order valence-corrected chi connectivity index (χ0v) is 18.3. The minimum absolute atomic E-state index is 0.0367. The fourth-order valence-electron chi connectivity index (χ4n) is 2.80. The highest BCUT2D eigenvalue weighted by Gasteiger charge is 2.30. The number of methoxy groups -OCH3 is 3. The number of nitrogens with one attached hydrogen (secondary N) is 1. The summed E-state index contributed by atoms with van der Waals surface area (Å²) in [4.78, 5) is 12.4. The van der Waals surface area contributed by atoms with Crippen LogP contribution in [0.1, 0.15) is 12.0 Å². The van der Waals surface area contributed by atoms with Crippen LogP contribution in [-0.2, 0) is 26.1 Å². The second kappa shape index (κ2) is 11.5. The number of carbonyl (C=O) groups is 1. The van der Waals surface area contributed by atoms with Crippen LogP contribution in [0, 0.1) is 0 Å². The zero-order chi connectivity index (χ0) is 22.0. The number of benzene rings is 2. The average molecular weight is 437 g/mol. The molecule has 1 amide bonds. The molecule has 0 bridgehead atoms. The lowest BCUT2D eigenvalue weighted by molar-refractivity contribution is -0.121. The number of ether oxygens (including phenoxy) is 3. The van der Waals surface area contributed by atoms with Gasteiger partial charge in [-0.15, -0.1) is 0 Å². The maximum atomic E-state index is 13.5. The molecule has 0 radical (unpaired) electrons. The first-order valence-corrected chi connectivity index (χ1v) is 10.9. The van der Waals surface area contributed by atoms with Gasteiger partial charge in [-0.3, -0.25) is 4.79 Å². The molecule has 2 rings (SSSR count). The van der Waals surface area contributed by atoms with Crippen molar-refractivity contribution >= 4 is 15.9 Å². The topological polar surface area (TPSA) is 94.2 Å². The quantitative estimate of drug-likeness (QED) is 0.512. The molecule has 0 aliphatic heterocycles. The van der Waals surface area contributed by atoms with Crippen molar-refractivity contribution in [2.24, 2.45) is 0 Å². The fraction of sp³-hybridized carbons (Fsp3) is 0.381. The lowest BCUT2D eigenvalue weighted by Crippen LogP contribution is -2.40. The molecule has 0 aliphatic rings. The Morgan fingerprint density at radius 1 is 1.03 bits per heavy atom. The highest BCUT2D eigenvalue weighted by Crippen LogP contribution is 2.31. The van der Waals surface area contributed by atoms with E-state index in [1.165, 1.54) is 26.4 Å². The Morgan fingerprint density at radius 2 is 1.77 bits per heavy atom. The molecule has 0 spiro atoms. The molecule has 1 N–H and O–H groups in total. The van der Waals surface area contributed by atoms with E-state index in [0.29, 0.717) is 25.3 Å². The third kappa shape index (κ3) is 6.45. The Kier molecular flexibility index (Phi) is 9.10. The van der Waals surface area contributed by atoms with Gasteiger partial charge in [-0.25, -0.2) is 8.42 Å². The van der Waals surface area contributed by atoms with Crippen molar-refractivity contribution < 1.29 is 27.4 Å². The van der Waals surface area contributed by atoms with E-state index < -0.39 is 15.9 Å². The van der Waals surface area contributed by atoms with Crippen molar-refractivity contribution in [3.63, 3.8) is 0 Å². The molecule has 0 saturated heterocycles. The number of amides is 1. The van der Waals surface area contributed by atoms with Crippen LogP contribution in [0.25, 0.3) is 0 Å². The molecular formula is C21H28N2O6S. The van der Waals surface area contributed by atoms with Crippen molar-refractivity contribution in [3.05, 3.63) is 54.1 Å². The van der Waals surface area contributed by atoms with Crippen molar-refractivity contribution in [2.75, 3.05) is 41.0 Å². The molecule has 0 aromatic heterocycles. The lowest BCUT2D eigenvalue weighted by Gasteiger charge is -2.23. The summed E-state index contributed by atoms with van der Waals surface area (Å²) >= 11 is 0. The first-order chi connectivity index (χ1) is 14.4. The standard InChI is InChI=1S/C21H28N2O6S/c1-27-13-7-12-22-21(24)16-23(15-17-8-5-4-6-9-17)30(25,26)20-14-18(28-2)10-11-19(20)29-3/h4-6,8-11,14H,7,12-13,15-16H2,1-3H3,(H,22,24). The van der Waals surface area contributed by atoms with Crippen molar-refractivity contribution in [1.29, 1.82) is 0 Å². The molecule has 0 aliphatic carbocycles. The van der Waals surface area contributed by atoms with Crippen LogP contribution in [0.4, 0.5) is 0 Å². The molecule has 0 saturated carbocycles. The smallest absolute Gasteiger partial charge is 0.247 e. The summed E-state index contributed by atoms with van der Waals surface area (Å²) in [6.07, 6.45) is 0.636. The van der Waals surface area contributed by atoms with Crippen LogP contribution in [-0.4, -0.2) is 59.7 Å². The van der Waals surface area contributed by atoms with E-state index in [9.17, 15) is 13.2 Å². The van der Waals surface area contributed by atoms with Gasteiger partial charge in [-0.1, -0.05) is 30.3 Å². The zero-order valence-electron chi connectivity index (χ0n) is 17.5. The van der Waals surface area contributed by atoms with Crippen LogP contribution in [0.5, 0.6) is 11.5 Å². The Morgan fingerprint density at radius 3 is 2.40 bits per heavy atom. The molecule has 0 fully saturated rings. The van der Waals surface area contributed by atoms with Gasteiger partial charge in [-0.2, -0.15) is 4.31 Å². The second-order valence-electron chi connectivity index (χ2n) is 6.47. The van der Waals surface area contributed by atoms with E-state index in [2.05, 4.69) is 5.32 Å². The lowest BCUT2D eigenvalue weighted by atomic mass is 10.2. The van der Waals surface area contributed by atoms with Gasteiger partial charge in [0.25, 0.3) is 0 Å². The number of carbonyl (C=O) groups excluding carboxylic acids is 1. The molecule has 30 heavy (non-hydrogen) atoms. The number of sulfonamides is 1. The van der Waals surface area contributed by atoms with Gasteiger partial charge in [0.15, 0.2) is 0 Å². The molecule has 8 nitrogen and oxygen atoms in total. The normalized spacial score (nSPS) is 11.3. The van der Waals surface area contributed by atoms with Gasteiger partial charge < -0.3 is 19.5 Å². The van der Waals surface area contributed by atoms with Gasteiger partial charge in [0.2, 0.25) is 15.9 Å². The second-order valence-corrected chi connectivity index (χ2v) is 8.38. The van der Waals surface area contributed by atoms with Crippen LogP contribution in [0.2, 0.25) is 0 Å². The predicted octanol–water partition coefficient (Wildman–Crippen LogP) is 2.05. The Balaban J connectivity index is 2.33. The van der Waals surface area contributed by atoms with Crippen molar-refractivity contribution in [3.8, 4) is 11.5 Å². The fourth-order valence-corrected chi connectivity index (χ4v) is 4.35. The summed E-state index contributed by atoms with van der Waals surface area (Å²) in [5, 5.41) is 2.73. The summed E-state index contributed by atoms with van der Waals surface area (Å²) in [6, 6.07) is 13.6. The monoisotopic (exact) mass is 436 g/mol. The van der Waals surface area contributed by atoms with Gasteiger partial charge in [-0.05, 0) is 24.1 Å². The third-order valence-electron chi connectivity index (χ3n) is 4.36. The van der Waals surface area contributed by atoms with E-state index in [0.717, 1.165) is 9.87 Å². The van der Waals surface area contributed by atoms with Gasteiger partial charge in [0.05, 0.1) is 20.8 Å². The maximum Gasteiger partial charge on any atom is 0.247 e. The largest absolute Gasteiger partial charge is 0.497 e. The number of nitrogens with zero attached hydrogens (tertiary/aromatic N) is 1. The minimum Gasteiger partial charge on any atom is -0.497 e. The van der Waals surface area contributed by atoms with Gasteiger partial charge in [0.1, 0.15) is 16.4 Å². The Labute approximate surface area is 177 Å². The summed E-state index contributed by atoms with van der Waals surface area (Å²) in [5.41, 5.74) is 0.759. The maximum absolute atomic E-state index is 13.5. The van der Waals surface area contributed by atoms with E-state index in [4.69, 9.17) is 14.2 Å². The molecule has 0 heterocycles. The molecule has 164 valence electrons. The highest BCUT2D eigenvalue weighted by atomic mass is 32.2. The molecule has 0 unspecified atom stereocenters. The summed E-state index contributed by atoms with van der Waals surface area (Å²) in [5.74, 6) is 0.153. The summed E-state index contributed by atoms with van der Waals surface area (Å²) < 4.78 is 43.5. The first kappa shape index (κ1) is 23.7. The minimum atomic E-state index is -4.06. The van der Waals surface area contributed by atoms with E-state index in [1.54, 1.807) is 13.2 Å². The first-order valence-electron chi connectivity index (χ1n) is 9.44. The van der Waals surface area contributed by atoms with E-state index in [-0.39, 0.29) is 23.7 Å². The van der Waals surface area contributed by atoms with Crippen LogP contribution >= 0.6 is 0 Å². The van der Waals surface area contributed by atoms with E-state index in [1.807, 2.05) is 30.3 Å². The predicted molar refractivity (Wildman–Crippen MR) is 113 cm³/mol.